The molecule has 3 aromatic heterocycles. The van der Waals surface area contributed by atoms with Crippen molar-refractivity contribution in [1.29, 1.82) is 0 Å². The SMILES string of the molecule is CC1(C)CCN(c2cncc(-c3cn(C4(c5ccc(N6CCC[C@@H](NCC7CC7)C6)cn5)COC4)nn3)n2)C1. The Morgan fingerprint density at radius 2 is 1.92 bits per heavy atom. The second-order valence-corrected chi connectivity index (χ2v) is 12.7. The van der Waals surface area contributed by atoms with Crippen LogP contribution >= 0.6 is 0 Å². The van der Waals surface area contributed by atoms with Crippen LogP contribution in [0.3, 0.4) is 0 Å². The Labute approximate surface area is 230 Å². The zero-order valence-corrected chi connectivity index (χ0v) is 23.1. The molecule has 0 radical (unpaired) electrons. The predicted molar refractivity (Wildman–Crippen MR) is 150 cm³/mol. The molecule has 3 aromatic rings. The molecule has 10 heteroatoms. The third-order valence-electron chi connectivity index (χ3n) is 8.90. The Balaban J connectivity index is 1.07. The van der Waals surface area contributed by atoms with Crippen molar-refractivity contribution in [3.8, 4) is 11.4 Å². The molecule has 1 atom stereocenters. The average molecular weight is 530 g/mol. The van der Waals surface area contributed by atoms with Gasteiger partial charge in [-0.2, -0.15) is 0 Å². The van der Waals surface area contributed by atoms with E-state index in [9.17, 15) is 0 Å². The van der Waals surface area contributed by atoms with Crippen molar-refractivity contribution >= 4 is 11.5 Å². The summed E-state index contributed by atoms with van der Waals surface area (Å²) in [5, 5.41) is 12.8. The number of aromatic nitrogens is 6. The van der Waals surface area contributed by atoms with Crippen LogP contribution in [0.5, 0.6) is 0 Å². The Morgan fingerprint density at radius 3 is 2.64 bits per heavy atom. The van der Waals surface area contributed by atoms with E-state index in [1.54, 1.807) is 6.20 Å². The quantitative estimate of drug-likeness (QED) is 0.472. The van der Waals surface area contributed by atoms with Gasteiger partial charge in [0.25, 0.3) is 0 Å². The number of piperidine rings is 1. The third kappa shape index (κ3) is 5.00. The average Bonchev–Trinajstić information content (AvgIpc) is 3.51. The molecule has 39 heavy (non-hydrogen) atoms. The molecule has 1 N–H and O–H groups in total. The highest BCUT2D eigenvalue weighted by molar-refractivity contribution is 5.55. The first-order chi connectivity index (χ1) is 19.0. The Morgan fingerprint density at radius 1 is 1.03 bits per heavy atom. The fourth-order valence-electron chi connectivity index (χ4n) is 6.10. The smallest absolute Gasteiger partial charge is 0.152 e. The summed E-state index contributed by atoms with van der Waals surface area (Å²) in [6, 6.07) is 4.91. The van der Waals surface area contributed by atoms with E-state index in [2.05, 4.69) is 56.4 Å². The molecule has 4 fully saturated rings. The maximum atomic E-state index is 5.70. The van der Waals surface area contributed by atoms with Crippen LogP contribution in [0.1, 0.15) is 51.6 Å². The van der Waals surface area contributed by atoms with E-state index in [-0.39, 0.29) is 0 Å². The van der Waals surface area contributed by atoms with Gasteiger partial charge in [0.05, 0.1) is 49.4 Å². The van der Waals surface area contributed by atoms with Crippen LogP contribution < -0.4 is 15.1 Å². The number of nitrogens with zero attached hydrogens (tertiary/aromatic N) is 8. The van der Waals surface area contributed by atoms with Gasteiger partial charge in [0, 0.05) is 32.2 Å². The van der Waals surface area contributed by atoms with Crippen LogP contribution in [0.2, 0.25) is 0 Å². The Bertz CT molecular complexity index is 1300. The molecule has 10 nitrogen and oxygen atoms in total. The summed E-state index contributed by atoms with van der Waals surface area (Å²) in [6.07, 6.45) is 14.0. The highest BCUT2D eigenvalue weighted by Crippen LogP contribution is 2.35. The number of pyridine rings is 1. The van der Waals surface area contributed by atoms with E-state index in [4.69, 9.17) is 14.7 Å². The van der Waals surface area contributed by atoms with E-state index in [0.717, 1.165) is 55.7 Å². The molecule has 0 bridgehead atoms. The van der Waals surface area contributed by atoms with Gasteiger partial charge < -0.3 is 19.9 Å². The predicted octanol–water partition coefficient (Wildman–Crippen LogP) is 3.11. The summed E-state index contributed by atoms with van der Waals surface area (Å²) in [6.45, 7) is 10.9. The Hall–Kier alpha value is -3.11. The van der Waals surface area contributed by atoms with Gasteiger partial charge in [-0.3, -0.25) is 9.97 Å². The molecular weight excluding hydrogens is 490 g/mol. The van der Waals surface area contributed by atoms with E-state index in [0.29, 0.717) is 30.4 Å². The minimum Gasteiger partial charge on any atom is -0.375 e. The van der Waals surface area contributed by atoms with Crippen molar-refractivity contribution in [2.45, 2.75) is 57.5 Å². The maximum Gasteiger partial charge on any atom is 0.152 e. The van der Waals surface area contributed by atoms with Gasteiger partial charge >= 0.3 is 0 Å². The van der Waals surface area contributed by atoms with Crippen LogP contribution in [-0.4, -0.2) is 81.9 Å². The zero-order valence-electron chi connectivity index (χ0n) is 23.1. The normalized spacial score (nSPS) is 24.1. The summed E-state index contributed by atoms with van der Waals surface area (Å²) < 4.78 is 7.60. The van der Waals surface area contributed by atoms with Gasteiger partial charge in [-0.1, -0.05) is 19.1 Å². The van der Waals surface area contributed by atoms with Crippen LogP contribution in [0.4, 0.5) is 11.5 Å². The number of nitrogens with one attached hydrogen (secondary N) is 1. The first-order valence-electron chi connectivity index (χ1n) is 14.5. The van der Waals surface area contributed by atoms with E-state index < -0.39 is 5.54 Å². The number of hydrogen-bond acceptors (Lipinski definition) is 9. The van der Waals surface area contributed by atoms with Crippen molar-refractivity contribution in [1.82, 2.24) is 35.3 Å². The number of hydrogen-bond donors (Lipinski definition) is 1. The van der Waals surface area contributed by atoms with E-state index in [1.807, 2.05) is 23.3 Å². The van der Waals surface area contributed by atoms with Gasteiger partial charge in [0.1, 0.15) is 17.2 Å². The molecule has 0 unspecified atom stereocenters. The van der Waals surface area contributed by atoms with Crippen LogP contribution in [-0.2, 0) is 10.3 Å². The molecule has 1 saturated carbocycles. The monoisotopic (exact) mass is 529 g/mol. The molecule has 0 aromatic carbocycles. The number of anilines is 2. The van der Waals surface area contributed by atoms with Gasteiger partial charge in [-0.15, -0.1) is 5.10 Å². The Kier molecular flexibility index (Phi) is 6.27. The van der Waals surface area contributed by atoms with Gasteiger partial charge in [-0.05, 0) is 62.1 Å². The van der Waals surface area contributed by atoms with Crippen molar-refractivity contribution < 1.29 is 4.74 Å². The largest absolute Gasteiger partial charge is 0.375 e. The van der Waals surface area contributed by atoms with Crippen molar-refractivity contribution in [3.05, 3.63) is 42.6 Å². The molecule has 206 valence electrons. The minimum atomic E-state index is -0.454. The standard InChI is InChI=1S/C29H39N9O/c1-28(2)9-11-37(18-28)27-15-30-14-24(33-27)25-17-38(35-34-25)29(19-39-20-29)26-8-7-23(13-32-26)36-10-3-4-22(16-36)31-12-21-5-6-21/h7-8,13-15,17,21-22,31H,3-6,9-12,16,18-20H2,1-2H3/t22-/m1/s1. The second-order valence-electron chi connectivity index (χ2n) is 12.7. The fourth-order valence-corrected chi connectivity index (χ4v) is 6.10. The first kappa shape index (κ1) is 24.9. The lowest BCUT2D eigenvalue weighted by atomic mass is 9.92. The summed E-state index contributed by atoms with van der Waals surface area (Å²) >= 11 is 0. The molecule has 1 aliphatic carbocycles. The highest BCUT2D eigenvalue weighted by atomic mass is 16.5. The summed E-state index contributed by atoms with van der Waals surface area (Å²) in [5.41, 5.74) is 3.42. The molecule has 3 saturated heterocycles. The molecule has 7 rings (SSSR count). The summed E-state index contributed by atoms with van der Waals surface area (Å²) in [4.78, 5) is 19.1. The van der Waals surface area contributed by atoms with Crippen LogP contribution in [0, 0.1) is 11.3 Å². The summed E-state index contributed by atoms with van der Waals surface area (Å²) in [7, 11) is 0. The zero-order chi connectivity index (χ0) is 26.5. The molecule has 0 spiro atoms. The second kappa shape index (κ2) is 9.82. The maximum absolute atomic E-state index is 5.70. The molecule has 0 amide bonds. The summed E-state index contributed by atoms with van der Waals surface area (Å²) in [5.74, 6) is 1.81. The number of rotatable bonds is 8. The molecule has 4 aliphatic rings. The van der Waals surface area contributed by atoms with E-state index in [1.165, 1.54) is 37.9 Å². The van der Waals surface area contributed by atoms with Gasteiger partial charge in [0.15, 0.2) is 5.54 Å². The minimum absolute atomic E-state index is 0.294. The van der Waals surface area contributed by atoms with Crippen LogP contribution in [0.15, 0.2) is 36.9 Å². The van der Waals surface area contributed by atoms with Gasteiger partial charge in [0.2, 0.25) is 0 Å². The van der Waals surface area contributed by atoms with Crippen molar-refractivity contribution in [2.75, 3.05) is 55.7 Å². The first-order valence-corrected chi connectivity index (χ1v) is 14.5. The third-order valence-corrected chi connectivity index (χ3v) is 8.90. The number of ether oxygens (including phenoxy) is 1. The molecule has 3 aliphatic heterocycles. The van der Waals surface area contributed by atoms with Crippen molar-refractivity contribution in [3.63, 3.8) is 0 Å². The lowest BCUT2D eigenvalue weighted by Crippen LogP contribution is -2.53. The highest BCUT2D eigenvalue weighted by Gasteiger charge is 2.45. The molecular formula is C29H39N9O. The lowest BCUT2D eigenvalue weighted by molar-refractivity contribution is -0.0851. The van der Waals surface area contributed by atoms with E-state index >= 15 is 0 Å². The van der Waals surface area contributed by atoms with Gasteiger partial charge in [-0.25, -0.2) is 9.67 Å². The topological polar surface area (TPSA) is 97.1 Å². The molecule has 6 heterocycles. The van der Waals surface area contributed by atoms with Crippen molar-refractivity contribution in [2.24, 2.45) is 11.3 Å². The van der Waals surface area contributed by atoms with Crippen LogP contribution in [0.25, 0.3) is 11.4 Å². The lowest BCUT2D eigenvalue weighted by Gasteiger charge is -2.40. The fraction of sp³-hybridized carbons (Fsp3) is 0.621.